The number of allylic oxidation sites excluding steroid dienone is 1. The highest BCUT2D eigenvalue weighted by atomic mass is 35.5. The van der Waals surface area contributed by atoms with Crippen LogP contribution in [0.25, 0.3) is 6.08 Å². The Kier molecular flexibility index (Phi) is 10.8. The van der Waals surface area contributed by atoms with Crippen molar-refractivity contribution in [1.29, 1.82) is 0 Å². The number of piperidine rings is 1. The maximum Gasteiger partial charge on any atom is 0.309 e. The second-order valence-electron chi connectivity index (χ2n) is 6.19. The van der Waals surface area contributed by atoms with E-state index in [0.717, 1.165) is 38.0 Å². The van der Waals surface area contributed by atoms with E-state index in [0.29, 0.717) is 18.1 Å². The van der Waals surface area contributed by atoms with Gasteiger partial charge in [0, 0.05) is 18.0 Å². The van der Waals surface area contributed by atoms with Gasteiger partial charge in [-0.25, -0.2) is 0 Å². The van der Waals surface area contributed by atoms with Crippen molar-refractivity contribution in [2.45, 2.75) is 26.2 Å². The molecule has 1 aromatic rings. The summed E-state index contributed by atoms with van der Waals surface area (Å²) in [6.07, 6.45) is 5.55. The average molecular weight is 412 g/mol. The highest BCUT2D eigenvalue weighted by Gasteiger charge is 2.25. The first-order valence-electron chi connectivity index (χ1n) is 8.98. The van der Waals surface area contributed by atoms with Crippen molar-refractivity contribution in [1.82, 2.24) is 4.90 Å². The highest BCUT2D eigenvalue weighted by Crippen LogP contribution is 2.19. The first-order valence-corrected chi connectivity index (χ1v) is 9.36. The number of likely N-dealkylation sites (tertiary alicyclic amines) is 1. The second kappa shape index (κ2) is 12.9. The van der Waals surface area contributed by atoms with E-state index in [1.54, 1.807) is 18.2 Å². The minimum atomic E-state index is -1.75. The molecule has 28 heavy (non-hydrogen) atoms. The lowest BCUT2D eigenvalue weighted by molar-refractivity contribution is -0.402. The molecule has 0 radical (unpaired) electrons. The van der Waals surface area contributed by atoms with Gasteiger partial charge in [-0.15, -0.1) is 0 Å². The van der Waals surface area contributed by atoms with Crippen molar-refractivity contribution in [3.63, 3.8) is 0 Å². The Morgan fingerprint density at radius 3 is 2.36 bits per heavy atom. The molecule has 0 saturated carbocycles. The van der Waals surface area contributed by atoms with Gasteiger partial charge in [0.15, 0.2) is 5.78 Å². The van der Waals surface area contributed by atoms with Crippen molar-refractivity contribution >= 4 is 29.4 Å². The summed E-state index contributed by atoms with van der Waals surface area (Å²) in [5, 5.41) is 15.4. The summed E-state index contributed by atoms with van der Waals surface area (Å²) in [6.45, 7) is 4.69. The van der Waals surface area contributed by atoms with Crippen LogP contribution >= 0.6 is 11.6 Å². The fourth-order valence-corrected chi connectivity index (χ4v) is 2.89. The van der Waals surface area contributed by atoms with E-state index in [1.165, 1.54) is 0 Å². The molecule has 0 amide bonds. The molecular formula is C19H24ClN2O6-. The van der Waals surface area contributed by atoms with Crippen LogP contribution in [0.1, 0.15) is 31.7 Å². The smallest absolute Gasteiger partial charge is 0.309 e. The Bertz CT molecular complexity index is 666. The van der Waals surface area contributed by atoms with Crippen LogP contribution in [-0.4, -0.2) is 48.0 Å². The molecule has 0 N–H and O–H groups in total. The van der Waals surface area contributed by atoms with Gasteiger partial charge >= 0.3 is 5.97 Å². The summed E-state index contributed by atoms with van der Waals surface area (Å²) in [6, 6.07) is 7.37. The van der Waals surface area contributed by atoms with E-state index >= 15 is 0 Å². The number of ketones is 1. The number of esters is 1. The van der Waals surface area contributed by atoms with E-state index in [4.69, 9.17) is 31.7 Å². The molecule has 0 unspecified atom stereocenters. The Morgan fingerprint density at radius 1 is 1.25 bits per heavy atom. The van der Waals surface area contributed by atoms with Gasteiger partial charge in [0.1, 0.15) is 0 Å². The lowest BCUT2D eigenvalue weighted by Gasteiger charge is -2.30. The predicted molar refractivity (Wildman–Crippen MR) is 106 cm³/mol. The third kappa shape index (κ3) is 10.0. The quantitative estimate of drug-likeness (QED) is 0.292. The first kappa shape index (κ1) is 23.6. The summed E-state index contributed by atoms with van der Waals surface area (Å²) in [4.78, 5) is 34.2. The van der Waals surface area contributed by atoms with Crippen molar-refractivity contribution in [2.75, 3.05) is 26.2 Å². The van der Waals surface area contributed by atoms with E-state index in [2.05, 4.69) is 4.90 Å². The molecule has 154 valence electrons. The molecule has 0 bridgehead atoms. The number of carbonyl (C=O) groups excluding carboxylic acids is 2. The molecule has 1 heterocycles. The van der Waals surface area contributed by atoms with Crippen LogP contribution < -0.4 is 0 Å². The van der Waals surface area contributed by atoms with Crippen LogP contribution in [0.5, 0.6) is 0 Å². The minimum absolute atomic E-state index is 0.0155. The van der Waals surface area contributed by atoms with Crippen LogP contribution in [-0.2, 0) is 14.3 Å². The summed E-state index contributed by atoms with van der Waals surface area (Å²) in [7, 11) is 0. The molecule has 0 spiro atoms. The topological polar surface area (TPSA) is 113 Å². The molecule has 0 atom stereocenters. The van der Waals surface area contributed by atoms with E-state index < -0.39 is 5.09 Å². The summed E-state index contributed by atoms with van der Waals surface area (Å²) in [5.41, 5.74) is 0.961. The lowest BCUT2D eigenvalue weighted by Crippen LogP contribution is -2.37. The third-order valence-corrected chi connectivity index (χ3v) is 4.47. The van der Waals surface area contributed by atoms with Crippen LogP contribution in [0, 0.1) is 21.2 Å². The van der Waals surface area contributed by atoms with Gasteiger partial charge in [0.05, 0.1) is 17.6 Å². The molecule has 1 saturated heterocycles. The Hall–Kier alpha value is -2.45. The van der Waals surface area contributed by atoms with Crippen LogP contribution in [0.15, 0.2) is 30.3 Å². The predicted octanol–water partition coefficient (Wildman–Crippen LogP) is 3.35. The van der Waals surface area contributed by atoms with Gasteiger partial charge in [-0.2, -0.15) is 0 Å². The zero-order valence-corrected chi connectivity index (χ0v) is 16.5. The monoisotopic (exact) mass is 411 g/mol. The molecule has 0 aliphatic carbocycles. The number of halogens is 1. The van der Waals surface area contributed by atoms with Gasteiger partial charge in [-0.3, -0.25) is 9.59 Å². The van der Waals surface area contributed by atoms with Crippen LogP contribution in [0.2, 0.25) is 5.02 Å². The zero-order chi connectivity index (χ0) is 20.9. The average Bonchev–Trinajstić information content (AvgIpc) is 2.66. The lowest BCUT2D eigenvalue weighted by atomic mass is 9.97. The van der Waals surface area contributed by atoms with E-state index in [-0.39, 0.29) is 17.7 Å². The maximum atomic E-state index is 12.0. The van der Waals surface area contributed by atoms with Gasteiger partial charge in [-0.05, 0) is 56.6 Å². The number of hydrogen-bond acceptors (Lipinski definition) is 7. The van der Waals surface area contributed by atoms with Gasteiger partial charge in [0.25, 0.3) is 0 Å². The van der Waals surface area contributed by atoms with Gasteiger partial charge in [-0.1, -0.05) is 29.8 Å². The Labute approximate surface area is 168 Å². The van der Waals surface area contributed by atoms with E-state index in [1.807, 2.05) is 25.1 Å². The van der Waals surface area contributed by atoms with Crippen molar-refractivity contribution in [3.8, 4) is 0 Å². The van der Waals surface area contributed by atoms with Gasteiger partial charge < -0.3 is 25.0 Å². The third-order valence-electron chi connectivity index (χ3n) is 4.21. The SMILES string of the molecule is CCOC(=O)C1CCN(CCC(=O)/C=C/c2ccc(Cl)cc2)CC1.O=[N+]([O-])[O-]. The molecule has 9 heteroatoms. The minimum Gasteiger partial charge on any atom is -0.466 e. The van der Waals surface area contributed by atoms with Crippen molar-refractivity contribution < 1.29 is 19.4 Å². The Balaban J connectivity index is 0.000000892. The molecule has 1 aliphatic heterocycles. The fraction of sp³-hybridized carbons (Fsp3) is 0.474. The van der Waals surface area contributed by atoms with E-state index in [9.17, 15) is 9.59 Å². The second-order valence-corrected chi connectivity index (χ2v) is 6.63. The van der Waals surface area contributed by atoms with Crippen molar-refractivity contribution in [3.05, 3.63) is 56.2 Å². The maximum absolute atomic E-state index is 12.0. The summed E-state index contributed by atoms with van der Waals surface area (Å²) < 4.78 is 5.07. The molecule has 1 aromatic carbocycles. The first-order chi connectivity index (χ1) is 13.3. The Morgan fingerprint density at radius 2 is 1.82 bits per heavy atom. The number of hydrogen-bond donors (Lipinski definition) is 0. The summed E-state index contributed by atoms with van der Waals surface area (Å²) >= 11 is 5.83. The molecular weight excluding hydrogens is 388 g/mol. The fourth-order valence-electron chi connectivity index (χ4n) is 2.77. The van der Waals surface area contributed by atoms with Gasteiger partial charge in [0.2, 0.25) is 0 Å². The van der Waals surface area contributed by atoms with Crippen LogP contribution in [0.4, 0.5) is 0 Å². The zero-order valence-electron chi connectivity index (χ0n) is 15.7. The largest absolute Gasteiger partial charge is 0.466 e. The number of nitrogens with zero attached hydrogens (tertiary/aromatic N) is 2. The van der Waals surface area contributed by atoms with Crippen molar-refractivity contribution in [2.24, 2.45) is 5.92 Å². The number of carbonyl (C=O) groups is 2. The normalized spacial score (nSPS) is 14.9. The molecule has 8 nitrogen and oxygen atoms in total. The molecule has 1 aliphatic rings. The number of ether oxygens (including phenoxy) is 1. The molecule has 1 fully saturated rings. The summed E-state index contributed by atoms with van der Waals surface area (Å²) in [5.74, 6) is 0.0401. The highest BCUT2D eigenvalue weighted by molar-refractivity contribution is 6.30. The number of rotatable bonds is 7. The molecule has 0 aromatic heterocycles. The molecule has 2 rings (SSSR count). The van der Waals surface area contributed by atoms with Crippen LogP contribution in [0.3, 0.4) is 0 Å². The number of benzene rings is 1. The standard InChI is InChI=1S/C19H24ClNO3.NO3/c1-2-24-19(23)16-9-12-21(13-10-16)14-11-18(22)8-5-15-3-6-17(20)7-4-15;2-1(3)4/h3-8,16H,2,9-14H2,1H3;/q;-1/b8-5+;.